The van der Waals surface area contributed by atoms with Crippen LogP contribution >= 0.6 is 11.8 Å². The maximum Gasteiger partial charge on any atom is 0.0807 e. The van der Waals surface area contributed by atoms with Crippen molar-refractivity contribution < 1.29 is 5.11 Å². The minimum Gasteiger partial charge on any atom is -0.388 e. The molecule has 2 rings (SSSR count). The molecule has 2 nitrogen and oxygen atoms in total. The van der Waals surface area contributed by atoms with Crippen LogP contribution in [0.25, 0.3) is 0 Å². The third-order valence-electron chi connectivity index (χ3n) is 3.62. The third-order valence-corrected chi connectivity index (χ3v) is 4.99. The Morgan fingerprint density at radius 3 is 2.89 bits per heavy atom. The lowest BCUT2D eigenvalue weighted by Crippen LogP contribution is -2.38. The number of aliphatic hydroxyl groups is 1. The Morgan fingerprint density at radius 1 is 1.39 bits per heavy atom. The number of aliphatic hydroxyl groups excluding tert-OH is 1. The van der Waals surface area contributed by atoms with E-state index in [1.807, 2.05) is 13.0 Å². The highest BCUT2D eigenvalue weighted by Gasteiger charge is 2.22. The van der Waals surface area contributed by atoms with Crippen molar-refractivity contribution in [2.24, 2.45) is 0 Å². The van der Waals surface area contributed by atoms with Crippen molar-refractivity contribution in [2.45, 2.75) is 38.0 Å². The predicted molar refractivity (Wildman–Crippen MR) is 80.4 cm³/mol. The Kier molecular flexibility index (Phi) is 4.95. The number of para-hydroxylation sites is 1. The summed E-state index contributed by atoms with van der Waals surface area (Å²) in [7, 11) is 0. The van der Waals surface area contributed by atoms with E-state index in [0.717, 1.165) is 30.3 Å². The average molecular weight is 265 g/mol. The van der Waals surface area contributed by atoms with Crippen LogP contribution in [0.3, 0.4) is 0 Å². The first-order valence-electron chi connectivity index (χ1n) is 6.89. The van der Waals surface area contributed by atoms with Gasteiger partial charge >= 0.3 is 0 Å². The Morgan fingerprint density at radius 2 is 2.17 bits per heavy atom. The number of nitrogens with zero attached hydrogens (tertiary/aromatic N) is 1. The Labute approximate surface area is 114 Å². The van der Waals surface area contributed by atoms with Gasteiger partial charge < -0.3 is 10.0 Å². The first-order chi connectivity index (χ1) is 8.76. The molecule has 0 radical (unpaired) electrons. The summed E-state index contributed by atoms with van der Waals surface area (Å²) in [5.41, 5.74) is 2.31. The summed E-state index contributed by atoms with van der Waals surface area (Å²) >= 11 is 2.08. The molecular formula is C15H23NOS. The molecule has 0 aromatic heterocycles. The molecule has 1 N–H and O–H groups in total. The average Bonchev–Trinajstić information content (AvgIpc) is 2.46. The van der Waals surface area contributed by atoms with Gasteiger partial charge in [-0.05, 0) is 18.9 Å². The summed E-state index contributed by atoms with van der Waals surface area (Å²) in [6.07, 6.45) is 1.66. The van der Waals surface area contributed by atoms with Gasteiger partial charge in [-0.15, -0.1) is 0 Å². The van der Waals surface area contributed by atoms with Gasteiger partial charge in [0, 0.05) is 35.3 Å². The van der Waals surface area contributed by atoms with Gasteiger partial charge in [-0.1, -0.05) is 32.0 Å². The number of hydrogen-bond donors (Lipinski definition) is 1. The van der Waals surface area contributed by atoms with Gasteiger partial charge in [-0.3, -0.25) is 0 Å². The van der Waals surface area contributed by atoms with Crippen LogP contribution in [-0.4, -0.2) is 29.2 Å². The van der Waals surface area contributed by atoms with Crippen LogP contribution < -0.4 is 4.90 Å². The zero-order chi connectivity index (χ0) is 13.0. The topological polar surface area (TPSA) is 23.5 Å². The van der Waals surface area contributed by atoms with E-state index < -0.39 is 0 Å². The smallest absolute Gasteiger partial charge is 0.0807 e. The van der Waals surface area contributed by atoms with Gasteiger partial charge in [0.2, 0.25) is 0 Å². The minimum absolute atomic E-state index is 0.337. The molecule has 1 aromatic carbocycles. The van der Waals surface area contributed by atoms with Crippen molar-refractivity contribution in [1.29, 1.82) is 0 Å². The van der Waals surface area contributed by atoms with Crippen LogP contribution in [0.4, 0.5) is 5.69 Å². The summed E-state index contributed by atoms with van der Waals surface area (Å²) in [5, 5.41) is 10.9. The monoisotopic (exact) mass is 265 g/mol. The molecule has 1 fully saturated rings. The first-order valence-corrected chi connectivity index (χ1v) is 7.94. The Hall–Kier alpha value is -0.670. The van der Waals surface area contributed by atoms with E-state index in [4.69, 9.17) is 0 Å². The Balaban J connectivity index is 2.21. The normalized spacial score (nSPS) is 21.9. The third kappa shape index (κ3) is 3.01. The first kappa shape index (κ1) is 13.8. The molecule has 1 aromatic rings. The van der Waals surface area contributed by atoms with Gasteiger partial charge in [0.05, 0.1) is 6.10 Å². The molecule has 0 saturated carbocycles. The lowest BCUT2D eigenvalue weighted by Gasteiger charge is -2.35. The second-order valence-corrected chi connectivity index (χ2v) is 6.24. The zero-order valence-corrected chi connectivity index (χ0v) is 12.1. The molecule has 0 spiro atoms. The summed E-state index contributed by atoms with van der Waals surface area (Å²) in [6.45, 7) is 6.49. The zero-order valence-electron chi connectivity index (χ0n) is 11.3. The van der Waals surface area contributed by atoms with Crippen molar-refractivity contribution in [2.75, 3.05) is 23.7 Å². The van der Waals surface area contributed by atoms with Gasteiger partial charge in [-0.25, -0.2) is 0 Å². The van der Waals surface area contributed by atoms with Gasteiger partial charge in [0.15, 0.2) is 0 Å². The lowest BCUT2D eigenvalue weighted by molar-refractivity contribution is 0.174. The summed E-state index contributed by atoms with van der Waals surface area (Å²) in [5.74, 6) is 1.19. The number of hydrogen-bond acceptors (Lipinski definition) is 3. The largest absolute Gasteiger partial charge is 0.388 e. The molecule has 100 valence electrons. The van der Waals surface area contributed by atoms with E-state index in [1.54, 1.807) is 0 Å². The van der Waals surface area contributed by atoms with Gasteiger partial charge in [-0.2, -0.15) is 11.8 Å². The molecule has 1 saturated heterocycles. The molecule has 18 heavy (non-hydrogen) atoms. The van der Waals surface area contributed by atoms with Crippen LogP contribution in [0.1, 0.15) is 38.4 Å². The van der Waals surface area contributed by atoms with E-state index in [1.165, 1.54) is 17.9 Å². The molecule has 0 amide bonds. The molecule has 1 heterocycles. The summed E-state index contributed by atoms with van der Waals surface area (Å²) in [6, 6.07) is 8.31. The molecule has 1 aliphatic heterocycles. The van der Waals surface area contributed by atoms with Gasteiger partial charge in [0.25, 0.3) is 0 Å². The number of rotatable bonds is 4. The van der Waals surface area contributed by atoms with Crippen molar-refractivity contribution in [3.63, 3.8) is 0 Å². The van der Waals surface area contributed by atoms with Crippen LogP contribution in [-0.2, 0) is 0 Å². The Bertz CT molecular complexity index is 383. The van der Waals surface area contributed by atoms with E-state index in [-0.39, 0.29) is 6.10 Å². The fraction of sp³-hybridized carbons (Fsp3) is 0.600. The lowest BCUT2D eigenvalue weighted by atomic mass is 10.0. The minimum atomic E-state index is -0.337. The second kappa shape index (κ2) is 6.48. The molecule has 2 atom stereocenters. The fourth-order valence-electron chi connectivity index (χ4n) is 2.46. The molecule has 1 aliphatic rings. The summed E-state index contributed by atoms with van der Waals surface area (Å²) < 4.78 is 0. The number of benzene rings is 1. The molecule has 3 heteroatoms. The highest BCUT2D eigenvalue weighted by Crippen LogP contribution is 2.32. The summed E-state index contributed by atoms with van der Waals surface area (Å²) in [4.78, 5) is 2.44. The van der Waals surface area contributed by atoms with Gasteiger partial charge in [0.1, 0.15) is 0 Å². The highest BCUT2D eigenvalue weighted by atomic mass is 32.2. The molecule has 0 bridgehead atoms. The van der Waals surface area contributed by atoms with Crippen LogP contribution in [0.2, 0.25) is 0 Å². The van der Waals surface area contributed by atoms with Crippen LogP contribution in [0.5, 0.6) is 0 Å². The number of thioether (sulfide) groups is 1. The SMILES string of the molecule is CCC1CN(c2ccccc2[C@@H](O)CC)CCS1. The quantitative estimate of drug-likeness (QED) is 0.902. The fourth-order valence-corrected chi connectivity index (χ4v) is 3.64. The second-order valence-electron chi connectivity index (χ2n) is 4.83. The van der Waals surface area contributed by atoms with E-state index >= 15 is 0 Å². The standard InChI is InChI=1S/C15H23NOS/c1-3-12-11-16(9-10-18-12)14-8-6-5-7-13(14)15(17)4-2/h5-8,12,15,17H,3-4,9-11H2,1-2H3/t12?,15-/m0/s1. The van der Waals surface area contributed by atoms with Crippen LogP contribution in [0, 0.1) is 0 Å². The van der Waals surface area contributed by atoms with Crippen molar-refractivity contribution in [1.82, 2.24) is 0 Å². The van der Waals surface area contributed by atoms with E-state index in [2.05, 4.69) is 41.8 Å². The van der Waals surface area contributed by atoms with E-state index in [0.29, 0.717) is 0 Å². The molecular weight excluding hydrogens is 242 g/mol. The van der Waals surface area contributed by atoms with Crippen molar-refractivity contribution in [3.05, 3.63) is 29.8 Å². The number of anilines is 1. The highest BCUT2D eigenvalue weighted by molar-refractivity contribution is 8.00. The maximum atomic E-state index is 10.1. The molecule has 1 unspecified atom stereocenters. The van der Waals surface area contributed by atoms with Crippen molar-refractivity contribution >= 4 is 17.4 Å². The predicted octanol–water partition coefficient (Wildman–Crippen LogP) is 3.46. The molecule has 0 aliphatic carbocycles. The van der Waals surface area contributed by atoms with E-state index in [9.17, 15) is 5.11 Å². The van der Waals surface area contributed by atoms with Crippen molar-refractivity contribution in [3.8, 4) is 0 Å². The maximum absolute atomic E-state index is 10.1. The van der Waals surface area contributed by atoms with Crippen LogP contribution in [0.15, 0.2) is 24.3 Å².